The number of sulfone groups is 1. The Kier molecular flexibility index (Phi) is 3.36. The average Bonchev–Trinajstić information content (AvgIpc) is 3.14. The molecular formula is C15H19N3O2S. The van der Waals surface area contributed by atoms with Crippen molar-refractivity contribution in [2.24, 2.45) is 5.41 Å². The number of fused-ring (bicyclic) bond motifs is 1. The molecule has 1 heterocycles. The molecule has 0 saturated heterocycles. The molecule has 1 aromatic carbocycles. The summed E-state index contributed by atoms with van der Waals surface area (Å²) < 4.78 is 23.0. The number of aryl methyl sites for hydroxylation is 1. The lowest BCUT2D eigenvalue weighted by molar-refractivity contribution is 0.560. The van der Waals surface area contributed by atoms with Crippen molar-refractivity contribution in [2.75, 3.05) is 23.9 Å². The molecule has 2 aromatic rings. The van der Waals surface area contributed by atoms with Crippen LogP contribution in [0.4, 0.5) is 5.82 Å². The Morgan fingerprint density at radius 2 is 1.81 bits per heavy atom. The van der Waals surface area contributed by atoms with Gasteiger partial charge in [0.2, 0.25) is 0 Å². The summed E-state index contributed by atoms with van der Waals surface area (Å²) in [6.45, 7) is 2.55. The quantitative estimate of drug-likeness (QED) is 0.916. The van der Waals surface area contributed by atoms with E-state index in [4.69, 9.17) is 0 Å². The second kappa shape index (κ2) is 4.94. The molecule has 0 spiro atoms. The summed E-state index contributed by atoms with van der Waals surface area (Å²) in [6.07, 6.45) is 3.20. The van der Waals surface area contributed by atoms with Crippen molar-refractivity contribution >= 4 is 26.7 Å². The predicted octanol–water partition coefficient (Wildman–Crippen LogP) is 2.17. The second-order valence-electron chi connectivity index (χ2n) is 6.07. The topological polar surface area (TPSA) is 72.0 Å². The van der Waals surface area contributed by atoms with Gasteiger partial charge in [-0.05, 0) is 31.9 Å². The van der Waals surface area contributed by atoms with Gasteiger partial charge in [0, 0.05) is 18.2 Å². The van der Waals surface area contributed by atoms with Gasteiger partial charge in [-0.15, -0.1) is 0 Å². The molecule has 1 aromatic heterocycles. The third kappa shape index (κ3) is 3.32. The molecule has 0 radical (unpaired) electrons. The Balaban J connectivity index is 1.78. The maximum absolute atomic E-state index is 11.5. The van der Waals surface area contributed by atoms with E-state index in [1.54, 1.807) is 0 Å². The van der Waals surface area contributed by atoms with Crippen LogP contribution in [0.2, 0.25) is 0 Å². The van der Waals surface area contributed by atoms with Gasteiger partial charge in [-0.25, -0.2) is 18.4 Å². The Morgan fingerprint density at radius 3 is 2.38 bits per heavy atom. The van der Waals surface area contributed by atoms with Crippen LogP contribution in [0.25, 0.3) is 11.0 Å². The van der Waals surface area contributed by atoms with E-state index >= 15 is 0 Å². The van der Waals surface area contributed by atoms with Crippen LogP contribution in [-0.2, 0) is 9.84 Å². The van der Waals surface area contributed by atoms with Crippen molar-refractivity contribution in [3.05, 3.63) is 30.0 Å². The normalized spacial score (nSPS) is 16.9. The third-order valence-corrected chi connectivity index (χ3v) is 5.04. The Morgan fingerprint density at radius 1 is 1.19 bits per heavy atom. The first-order valence-electron chi connectivity index (χ1n) is 7.02. The van der Waals surface area contributed by atoms with Crippen molar-refractivity contribution in [3.8, 4) is 0 Å². The molecule has 6 heteroatoms. The van der Waals surface area contributed by atoms with E-state index in [0.717, 1.165) is 35.4 Å². The number of hydrogen-bond acceptors (Lipinski definition) is 5. The minimum atomic E-state index is -2.94. The van der Waals surface area contributed by atoms with Crippen LogP contribution >= 0.6 is 0 Å². The molecule has 0 bridgehead atoms. The van der Waals surface area contributed by atoms with Crippen LogP contribution in [0.15, 0.2) is 24.3 Å². The fourth-order valence-corrected chi connectivity index (χ4v) is 4.14. The van der Waals surface area contributed by atoms with Crippen molar-refractivity contribution in [1.29, 1.82) is 0 Å². The molecule has 0 amide bonds. The number of nitrogens with one attached hydrogen (secondary N) is 1. The molecule has 0 aliphatic heterocycles. The number of nitrogens with zero attached hydrogens (tertiary/aromatic N) is 2. The Bertz CT molecular complexity index is 783. The summed E-state index contributed by atoms with van der Waals surface area (Å²) in [5, 5.41) is 3.29. The molecule has 1 fully saturated rings. The first-order valence-corrected chi connectivity index (χ1v) is 9.08. The first-order chi connectivity index (χ1) is 9.87. The van der Waals surface area contributed by atoms with Gasteiger partial charge in [-0.2, -0.15) is 0 Å². The average molecular weight is 305 g/mol. The molecule has 1 N–H and O–H groups in total. The van der Waals surface area contributed by atoms with Gasteiger partial charge in [-0.3, -0.25) is 0 Å². The van der Waals surface area contributed by atoms with Crippen molar-refractivity contribution in [3.63, 3.8) is 0 Å². The molecule has 21 heavy (non-hydrogen) atoms. The van der Waals surface area contributed by atoms with Gasteiger partial charge in [0.05, 0.1) is 22.5 Å². The van der Waals surface area contributed by atoms with Gasteiger partial charge in [0.1, 0.15) is 15.7 Å². The van der Waals surface area contributed by atoms with E-state index in [1.807, 2.05) is 31.2 Å². The Labute approximate surface area is 124 Å². The minimum Gasteiger partial charge on any atom is -0.368 e. The van der Waals surface area contributed by atoms with Gasteiger partial charge < -0.3 is 5.32 Å². The summed E-state index contributed by atoms with van der Waals surface area (Å²) in [5.41, 5.74) is 2.44. The van der Waals surface area contributed by atoms with Crippen molar-refractivity contribution in [1.82, 2.24) is 9.97 Å². The smallest absolute Gasteiger partial charge is 0.148 e. The lowest BCUT2D eigenvalue weighted by Gasteiger charge is -2.16. The first kappa shape index (κ1) is 14.3. The number of benzene rings is 1. The minimum absolute atomic E-state index is 0.118. The predicted molar refractivity (Wildman–Crippen MR) is 84.1 cm³/mol. The van der Waals surface area contributed by atoms with Crippen LogP contribution < -0.4 is 5.32 Å². The number of anilines is 1. The van der Waals surface area contributed by atoms with Gasteiger partial charge in [0.25, 0.3) is 0 Å². The highest BCUT2D eigenvalue weighted by atomic mass is 32.2. The molecule has 1 aliphatic rings. The van der Waals surface area contributed by atoms with Crippen LogP contribution in [-0.4, -0.2) is 36.9 Å². The maximum atomic E-state index is 11.5. The van der Waals surface area contributed by atoms with E-state index in [2.05, 4.69) is 15.3 Å². The molecule has 1 saturated carbocycles. The number of hydrogen-bond donors (Lipinski definition) is 1. The third-order valence-electron chi connectivity index (χ3n) is 3.90. The molecule has 112 valence electrons. The fraction of sp³-hybridized carbons (Fsp3) is 0.467. The number of para-hydroxylation sites is 2. The molecule has 5 nitrogen and oxygen atoms in total. The van der Waals surface area contributed by atoms with E-state index < -0.39 is 9.84 Å². The molecule has 0 atom stereocenters. The summed E-state index contributed by atoms with van der Waals surface area (Å²) in [6, 6.07) is 7.73. The summed E-state index contributed by atoms with van der Waals surface area (Å²) >= 11 is 0. The zero-order valence-electron chi connectivity index (χ0n) is 12.3. The largest absolute Gasteiger partial charge is 0.368 e. The number of aromatic nitrogens is 2. The van der Waals surface area contributed by atoms with Crippen LogP contribution in [0.1, 0.15) is 18.5 Å². The standard InChI is InChI=1S/C15H19N3O2S/c1-11-14(18-13-6-4-3-5-12(13)17-11)16-9-15(7-8-15)10-21(2,19)20/h3-6H,7-10H2,1-2H3,(H,16,18). The van der Waals surface area contributed by atoms with Crippen molar-refractivity contribution < 1.29 is 8.42 Å². The molecule has 1 aliphatic carbocycles. The van der Waals surface area contributed by atoms with E-state index in [9.17, 15) is 8.42 Å². The highest BCUT2D eigenvalue weighted by Crippen LogP contribution is 2.46. The lowest BCUT2D eigenvalue weighted by Crippen LogP contribution is -2.24. The lowest BCUT2D eigenvalue weighted by atomic mass is 10.1. The summed E-state index contributed by atoms with van der Waals surface area (Å²) in [5.74, 6) is 0.987. The number of rotatable bonds is 5. The highest BCUT2D eigenvalue weighted by Gasteiger charge is 2.45. The zero-order valence-corrected chi connectivity index (χ0v) is 13.1. The van der Waals surface area contributed by atoms with E-state index in [0.29, 0.717) is 6.54 Å². The SMILES string of the molecule is Cc1nc2ccccc2nc1NCC1(CS(C)(=O)=O)CC1. The molecule has 3 rings (SSSR count). The monoisotopic (exact) mass is 305 g/mol. The van der Waals surface area contributed by atoms with Crippen LogP contribution in [0, 0.1) is 12.3 Å². The van der Waals surface area contributed by atoms with Gasteiger partial charge >= 0.3 is 0 Å². The van der Waals surface area contributed by atoms with Crippen LogP contribution in [0.5, 0.6) is 0 Å². The highest BCUT2D eigenvalue weighted by molar-refractivity contribution is 7.90. The summed E-state index contributed by atoms with van der Waals surface area (Å²) in [4.78, 5) is 9.11. The van der Waals surface area contributed by atoms with E-state index in [-0.39, 0.29) is 11.2 Å². The second-order valence-corrected chi connectivity index (χ2v) is 8.21. The van der Waals surface area contributed by atoms with Crippen LogP contribution in [0.3, 0.4) is 0 Å². The molecule has 0 unspecified atom stereocenters. The maximum Gasteiger partial charge on any atom is 0.148 e. The Hall–Kier alpha value is -1.69. The fourth-order valence-electron chi connectivity index (χ4n) is 2.63. The van der Waals surface area contributed by atoms with Crippen molar-refractivity contribution in [2.45, 2.75) is 19.8 Å². The van der Waals surface area contributed by atoms with E-state index in [1.165, 1.54) is 6.26 Å². The summed E-state index contributed by atoms with van der Waals surface area (Å²) in [7, 11) is -2.94. The van der Waals surface area contributed by atoms with Gasteiger partial charge in [0.15, 0.2) is 0 Å². The van der Waals surface area contributed by atoms with Gasteiger partial charge in [-0.1, -0.05) is 12.1 Å². The zero-order chi connectivity index (χ0) is 15.1. The molecular weight excluding hydrogens is 286 g/mol.